The minimum absolute atomic E-state index is 0.00235. The first kappa shape index (κ1) is 99.7. The van der Waals surface area contributed by atoms with Crippen molar-refractivity contribution in [2.45, 2.75) is 156 Å². The number of azide groups is 1. The fourth-order valence-electron chi connectivity index (χ4n) is 17.0. The maximum atomic E-state index is 15.9. The summed E-state index contributed by atoms with van der Waals surface area (Å²) in [5.74, 6) is -7.81. The maximum Gasteiger partial charge on any atom is 0.338 e. The Hall–Kier alpha value is -14.9. The third kappa shape index (κ3) is 26.5. The van der Waals surface area contributed by atoms with Crippen LogP contribution in [0.5, 0.6) is 0 Å². The van der Waals surface area contributed by atoms with E-state index in [1.807, 2.05) is 103 Å². The summed E-state index contributed by atoms with van der Waals surface area (Å²) >= 11 is 0. The molecule has 4 saturated heterocycles. The number of benzene rings is 13. The van der Waals surface area contributed by atoms with Crippen LogP contribution in [0.25, 0.3) is 21.2 Å². The zero-order valence-electron chi connectivity index (χ0n) is 77.1. The number of nitrogens with zero attached hydrogens (tertiary/aromatic N) is 3. The van der Waals surface area contributed by atoms with Gasteiger partial charge in [-0.3, -0.25) is 0 Å². The third-order valence-electron chi connectivity index (χ3n) is 24.2. The molecule has 0 spiro atoms. The second-order valence-electron chi connectivity index (χ2n) is 33.9. The van der Waals surface area contributed by atoms with E-state index in [4.69, 9.17) is 103 Å². The van der Waals surface area contributed by atoms with Crippen molar-refractivity contribution >= 4 is 60.4 Å². The van der Waals surface area contributed by atoms with Crippen LogP contribution in [-0.4, -0.2) is 193 Å². The van der Waals surface area contributed by atoms with E-state index in [9.17, 15) is 29.5 Å². The van der Waals surface area contributed by atoms with Crippen molar-refractivity contribution in [3.63, 3.8) is 0 Å². The normalized spacial score (nSPS) is 23.2. The molecular formula is C112H100BN3O27. The molecule has 4 aliphatic heterocycles. The molecule has 0 bridgehead atoms. The van der Waals surface area contributed by atoms with Crippen LogP contribution in [0.15, 0.2) is 381 Å². The zero-order chi connectivity index (χ0) is 98.4. The molecule has 0 N–H and O–H groups in total. The number of hydrogen-bond donors (Lipinski definition) is 0. The molecule has 0 aromatic heterocycles. The Labute approximate surface area is 824 Å². The molecule has 2 radical (unpaired) electrons. The van der Waals surface area contributed by atoms with Gasteiger partial charge < -0.3 is 94.8 Å². The molecule has 17 rings (SSSR count). The van der Waals surface area contributed by atoms with E-state index in [-0.39, 0.29) is 72.0 Å². The molecule has 13 aromatic rings. The van der Waals surface area contributed by atoms with Gasteiger partial charge in [-0.2, -0.15) is 0 Å². The highest BCUT2D eigenvalue weighted by molar-refractivity contribution is 6.12. The highest BCUT2D eigenvalue weighted by Crippen LogP contribution is 2.44. The van der Waals surface area contributed by atoms with E-state index in [0.29, 0.717) is 16.7 Å². The third-order valence-corrected chi connectivity index (χ3v) is 24.2. The summed E-state index contributed by atoms with van der Waals surface area (Å²) in [5.41, 5.74) is 13.9. The van der Waals surface area contributed by atoms with Crippen molar-refractivity contribution in [1.29, 1.82) is 0 Å². The minimum Gasteiger partial charge on any atom is -0.462 e. The van der Waals surface area contributed by atoms with Crippen LogP contribution in [0, 0.1) is 0 Å². The van der Waals surface area contributed by atoms with Gasteiger partial charge in [0.1, 0.15) is 92.2 Å². The van der Waals surface area contributed by atoms with E-state index in [1.165, 1.54) is 60.7 Å². The van der Waals surface area contributed by atoms with Crippen LogP contribution in [0.2, 0.25) is 5.82 Å². The van der Waals surface area contributed by atoms with Gasteiger partial charge in [0.2, 0.25) is 6.29 Å². The van der Waals surface area contributed by atoms with Gasteiger partial charge in [0, 0.05) is 4.91 Å². The van der Waals surface area contributed by atoms with Crippen LogP contribution in [-0.2, 0) is 128 Å². The second-order valence-corrected chi connectivity index (χ2v) is 33.9. The molecule has 4 aliphatic rings. The lowest BCUT2D eigenvalue weighted by Crippen LogP contribution is -2.64. The van der Waals surface area contributed by atoms with E-state index in [1.54, 1.807) is 212 Å². The maximum absolute atomic E-state index is 15.9. The summed E-state index contributed by atoms with van der Waals surface area (Å²) < 4.78 is 133. The molecule has 4 heterocycles. The van der Waals surface area contributed by atoms with Crippen molar-refractivity contribution in [3.8, 4) is 0 Å². The van der Waals surface area contributed by atoms with Crippen LogP contribution in [0.1, 0.15) is 100 Å². The Bertz CT molecular complexity index is 6330. The highest BCUT2D eigenvalue weighted by Gasteiger charge is 2.62. The number of carbonyl (C=O) groups excluding carboxylic acids is 7. The molecular weight excluding hydrogens is 1830 g/mol. The van der Waals surface area contributed by atoms with Crippen molar-refractivity contribution < 1.29 is 128 Å². The summed E-state index contributed by atoms with van der Waals surface area (Å²) in [6.45, 7) is -3.65. The average molecular weight is 1930 g/mol. The van der Waals surface area contributed by atoms with Gasteiger partial charge >= 0.3 is 41.8 Å². The zero-order valence-corrected chi connectivity index (χ0v) is 77.1. The predicted octanol–water partition coefficient (Wildman–Crippen LogP) is 17.4. The van der Waals surface area contributed by atoms with Gasteiger partial charge in [0.15, 0.2) is 37.2 Å². The van der Waals surface area contributed by atoms with E-state index >= 15 is 9.59 Å². The average Bonchev–Trinajstić information content (AvgIpc) is 1.71. The SMILES string of the molecule is [B][C@H](COC(=O)c1ccccc1)C1OC(OC2C(OCc3ccccc3)C(COC(=O)c3ccccc3)OC(OC3C(OC(=O)c4ccccc4)C(ON=[N+]=[N-])OC3[C@@H](COC(=O)c3ccccc3)OC(=O)c3ccccc3)C2OCc2ccccc2)C(OC(=O)c2ccccc2)C1OC1OC(COC(=O)c2ccccc2)C(OCc2ccccc2)C(OCc2ccc3ccccc3c2)C1OCc1ccccc1. The molecule has 728 valence electrons. The molecule has 20 atom stereocenters. The first-order chi connectivity index (χ1) is 70.2. The molecule has 0 amide bonds. The molecule has 143 heavy (non-hydrogen) atoms. The van der Waals surface area contributed by atoms with E-state index in [0.717, 1.165) is 21.9 Å². The summed E-state index contributed by atoms with van der Waals surface area (Å²) in [5, 5.41) is 5.32. The van der Waals surface area contributed by atoms with Crippen LogP contribution in [0.3, 0.4) is 0 Å². The Morgan fingerprint density at radius 1 is 0.287 bits per heavy atom. The van der Waals surface area contributed by atoms with Crippen molar-refractivity contribution in [2.24, 2.45) is 5.28 Å². The molecule has 13 aromatic carbocycles. The Kier molecular flexibility index (Phi) is 34.8. The van der Waals surface area contributed by atoms with Gasteiger partial charge in [-0.1, -0.05) is 285 Å². The van der Waals surface area contributed by atoms with Gasteiger partial charge in [0.05, 0.1) is 92.5 Å². The fraction of sp³-hybridized carbons (Fsp3) is 0.259. The monoisotopic (exact) mass is 1930 g/mol. The Morgan fingerprint density at radius 2 is 0.594 bits per heavy atom. The van der Waals surface area contributed by atoms with E-state index < -0.39 is 191 Å². The van der Waals surface area contributed by atoms with Crippen molar-refractivity contribution in [3.05, 3.63) is 453 Å². The molecule has 0 aliphatic carbocycles. The first-order valence-electron chi connectivity index (χ1n) is 46.6. The number of ether oxygens (including phenoxy) is 19. The number of rotatable bonds is 43. The summed E-state index contributed by atoms with van der Waals surface area (Å²) in [6, 6.07) is 106. The molecule has 30 nitrogen and oxygen atoms in total. The summed E-state index contributed by atoms with van der Waals surface area (Å²) in [6.07, 6.45) is -33.2. The topological polar surface area (TPSA) is 353 Å². The quantitative estimate of drug-likeness (QED) is 0.00651. The largest absolute Gasteiger partial charge is 0.462 e. The number of carbonyl (C=O) groups is 7. The minimum atomic E-state index is -2.06. The summed E-state index contributed by atoms with van der Waals surface area (Å²) in [4.78, 5) is 113. The molecule has 18 unspecified atom stereocenters. The standard InChI is InChI=1S/C112H100BN3O27/c113-86(68-129-102(117)78-45-20-5-21-46-78)90-95(140-109-98(127-65-74-40-16-3-17-41-74)94(126-67-76-60-61-77-44-34-35-59-85(77)62-76)91(124-63-72-36-12-1-13-37-72)87(134-109)69-130-103(118)79-47-22-6-23-48-79)100(136-107(122)83-55-30-10-31-56-83)111(138-90)141-96-92(125-64-73-38-14-2-15-39-73)88(70-131-104(119)80-49-24-7-25-50-80)135-110(99(96)128-66-75-42-18-4-19-43-75)142-97-93(139-112(143-116-115-114)101(97)137-108(123)84-57-32-11-33-58-84)89(133-106(121)82-53-28-9-29-54-82)71-132-105(120)81-51-26-8-27-52-81/h1-62,86-101,109-112H,63-71H2/t86-,87?,88?,89-,90?,91?,92?,93?,94?,95?,96?,97?,98?,99?,100?,101?,109?,110?,111?,112?/m1/s1. The van der Waals surface area contributed by atoms with Crippen molar-refractivity contribution in [1.82, 2.24) is 0 Å². The van der Waals surface area contributed by atoms with Gasteiger partial charge in [-0.05, 0) is 141 Å². The molecule has 0 saturated carbocycles. The first-order valence-corrected chi connectivity index (χ1v) is 46.6. The second kappa shape index (κ2) is 50.0. The van der Waals surface area contributed by atoms with Crippen molar-refractivity contribution in [2.75, 3.05) is 26.4 Å². The highest BCUT2D eigenvalue weighted by atomic mass is 16.8. The lowest BCUT2D eigenvalue weighted by molar-refractivity contribution is -0.356. The number of esters is 7. The van der Waals surface area contributed by atoms with Crippen LogP contribution in [0.4, 0.5) is 0 Å². The van der Waals surface area contributed by atoms with E-state index in [2.05, 4.69) is 10.2 Å². The number of fused-ring (bicyclic) bond motifs is 1. The smallest absolute Gasteiger partial charge is 0.338 e. The summed E-state index contributed by atoms with van der Waals surface area (Å²) in [7, 11) is 7.62. The molecule has 31 heteroatoms. The Morgan fingerprint density at radius 3 is 1.01 bits per heavy atom. The Balaban J connectivity index is 0.843. The van der Waals surface area contributed by atoms with Gasteiger partial charge in [-0.25, -0.2) is 33.6 Å². The predicted molar refractivity (Wildman–Crippen MR) is 515 cm³/mol. The van der Waals surface area contributed by atoms with Gasteiger partial charge in [0.25, 0.3) is 0 Å². The van der Waals surface area contributed by atoms with Crippen LogP contribution >= 0.6 is 0 Å². The lowest BCUT2D eigenvalue weighted by atomic mass is 9.80. The van der Waals surface area contributed by atoms with Crippen LogP contribution < -0.4 is 0 Å². The number of hydrogen-bond acceptors (Lipinski definition) is 28. The lowest BCUT2D eigenvalue weighted by Gasteiger charge is -2.47. The van der Waals surface area contributed by atoms with Gasteiger partial charge in [-0.15, -0.1) is 0 Å². The molecule has 4 fully saturated rings. The fourth-order valence-corrected chi connectivity index (χ4v) is 17.0.